The fourth-order valence-corrected chi connectivity index (χ4v) is 1.26. The average molecular weight is 208 g/mol. The van der Waals surface area contributed by atoms with Crippen molar-refractivity contribution in [2.45, 2.75) is 5.88 Å². The second kappa shape index (κ2) is 3.73. The zero-order valence-electron chi connectivity index (χ0n) is 6.63. The Balaban J connectivity index is 3.45. The first-order chi connectivity index (χ1) is 6.07. The van der Waals surface area contributed by atoms with Crippen LogP contribution in [-0.2, 0) is 5.88 Å². The van der Waals surface area contributed by atoms with Crippen molar-refractivity contribution in [3.63, 3.8) is 0 Å². The third kappa shape index (κ3) is 1.80. The van der Waals surface area contributed by atoms with E-state index in [-0.39, 0.29) is 5.88 Å². The second-order valence-corrected chi connectivity index (χ2v) is 3.04. The number of H-pyrrole nitrogens is 1. The molecule has 0 aliphatic rings. The van der Waals surface area contributed by atoms with Gasteiger partial charge in [-0.25, -0.2) is 9.36 Å². The van der Waals surface area contributed by atoms with E-state index in [2.05, 4.69) is 0 Å². The monoisotopic (exact) mass is 208 g/mol. The molecule has 1 N–H and O–H groups in total. The Morgan fingerprint density at radius 3 is 2.62 bits per heavy atom. The highest BCUT2D eigenvalue weighted by molar-refractivity contribution is 7.97. The van der Waals surface area contributed by atoms with Crippen molar-refractivity contribution in [3.8, 4) is 0 Å². The normalized spacial score (nSPS) is 10.4. The molecule has 0 fully saturated rings. The summed E-state index contributed by atoms with van der Waals surface area (Å²) in [6, 6.07) is 0. The maximum atomic E-state index is 12.6. The second-order valence-electron chi connectivity index (χ2n) is 2.21. The number of hydrogen-bond donors (Lipinski definition) is 1. The minimum Gasteiger partial charge on any atom is -0.281 e. The molecule has 4 nitrogen and oxygen atoms in total. The number of rotatable bonds is 2. The highest BCUT2D eigenvalue weighted by atomic mass is 32.2. The fourth-order valence-electron chi connectivity index (χ4n) is 0.767. The topological polar surface area (TPSA) is 54.9 Å². The first kappa shape index (κ1) is 9.97. The van der Waals surface area contributed by atoms with Gasteiger partial charge in [-0.3, -0.25) is 9.78 Å². The van der Waals surface area contributed by atoms with E-state index in [4.69, 9.17) is 0 Å². The van der Waals surface area contributed by atoms with E-state index in [1.807, 2.05) is 0 Å². The summed E-state index contributed by atoms with van der Waals surface area (Å²) in [4.78, 5) is 23.4. The van der Waals surface area contributed by atoms with E-state index in [1.54, 1.807) is 11.2 Å². The molecule has 1 aromatic heterocycles. The summed E-state index contributed by atoms with van der Waals surface area (Å²) in [5, 5.41) is 0. The van der Waals surface area contributed by atoms with Crippen molar-refractivity contribution in [2.75, 3.05) is 6.26 Å². The summed E-state index contributed by atoms with van der Waals surface area (Å²) in [6.07, 6.45) is 1.63. The predicted molar refractivity (Wildman–Crippen MR) is 44.8 cm³/mol. The highest BCUT2D eigenvalue weighted by Gasteiger charge is 2.12. The van der Waals surface area contributed by atoms with Gasteiger partial charge in [0.25, 0.3) is 5.56 Å². The summed E-state index contributed by atoms with van der Waals surface area (Å²) < 4.78 is 25.6. The van der Waals surface area contributed by atoms with Gasteiger partial charge in [0.15, 0.2) is 0 Å². The first-order valence-electron chi connectivity index (χ1n) is 3.25. The molecule has 0 aromatic carbocycles. The Bertz CT molecular complexity index is 426. The van der Waals surface area contributed by atoms with Crippen molar-refractivity contribution >= 4 is 11.8 Å². The van der Waals surface area contributed by atoms with Gasteiger partial charge in [0.05, 0.1) is 5.88 Å². The molecule has 0 unspecified atom stereocenters. The molecule has 7 heteroatoms. The lowest BCUT2D eigenvalue weighted by Gasteiger charge is -2.01. The van der Waals surface area contributed by atoms with Gasteiger partial charge in [-0.2, -0.15) is 8.78 Å². The Morgan fingerprint density at radius 1 is 1.46 bits per heavy atom. The highest BCUT2D eigenvalue weighted by Crippen LogP contribution is 1.95. The minimum atomic E-state index is -1.56. The Kier molecular flexibility index (Phi) is 2.86. The molecule has 0 saturated carbocycles. The van der Waals surface area contributed by atoms with Crippen LogP contribution in [0.3, 0.4) is 0 Å². The van der Waals surface area contributed by atoms with Crippen LogP contribution in [0, 0.1) is 11.8 Å². The van der Waals surface area contributed by atoms with Gasteiger partial charge < -0.3 is 0 Å². The number of nitrogens with one attached hydrogen (secondary N) is 1. The van der Waals surface area contributed by atoms with Gasteiger partial charge >= 0.3 is 5.69 Å². The SMILES string of the molecule is CSCn1c(=O)[nH]c(F)c(F)c1=O. The Hall–Kier alpha value is -1.11. The van der Waals surface area contributed by atoms with Gasteiger partial charge in [-0.15, -0.1) is 11.8 Å². The molecule has 1 heterocycles. The smallest absolute Gasteiger partial charge is 0.281 e. The molecule has 1 aromatic rings. The third-order valence-electron chi connectivity index (χ3n) is 1.35. The maximum Gasteiger partial charge on any atom is 0.331 e. The van der Waals surface area contributed by atoms with Crippen LogP contribution in [0.15, 0.2) is 9.59 Å². The molecule has 0 bridgehead atoms. The molecular weight excluding hydrogens is 202 g/mol. The number of thioether (sulfide) groups is 1. The van der Waals surface area contributed by atoms with E-state index >= 15 is 0 Å². The lowest BCUT2D eigenvalue weighted by Crippen LogP contribution is -2.37. The van der Waals surface area contributed by atoms with Gasteiger partial charge in [0.2, 0.25) is 11.8 Å². The van der Waals surface area contributed by atoms with Crippen LogP contribution in [0.2, 0.25) is 0 Å². The molecule has 0 aliphatic heterocycles. The van der Waals surface area contributed by atoms with Crippen LogP contribution in [0.25, 0.3) is 0 Å². The molecule has 0 atom stereocenters. The van der Waals surface area contributed by atoms with Crippen LogP contribution < -0.4 is 11.2 Å². The largest absolute Gasteiger partial charge is 0.331 e. The van der Waals surface area contributed by atoms with Crippen molar-refractivity contribution in [3.05, 3.63) is 32.6 Å². The maximum absolute atomic E-state index is 12.6. The number of hydrogen-bond acceptors (Lipinski definition) is 3. The number of aromatic amines is 1. The first-order valence-corrected chi connectivity index (χ1v) is 4.64. The quantitative estimate of drug-likeness (QED) is 0.703. The third-order valence-corrected chi connectivity index (χ3v) is 1.86. The molecule has 0 radical (unpaired) electrons. The van der Waals surface area contributed by atoms with E-state index in [1.165, 1.54) is 0 Å². The van der Waals surface area contributed by atoms with Crippen LogP contribution in [0.1, 0.15) is 0 Å². The van der Waals surface area contributed by atoms with Gasteiger partial charge in [0.1, 0.15) is 0 Å². The minimum absolute atomic E-state index is 0.00856. The molecular formula is C6H6F2N2O2S. The van der Waals surface area contributed by atoms with E-state index < -0.39 is 23.0 Å². The zero-order chi connectivity index (χ0) is 10.0. The number of nitrogens with zero attached hydrogens (tertiary/aromatic N) is 1. The van der Waals surface area contributed by atoms with Crippen LogP contribution in [0.4, 0.5) is 8.78 Å². The Morgan fingerprint density at radius 2 is 2.08 bits per heavy atom. The predicted octanol–water partition coefficient (Wildman–Crippen LogP) is 0.135. The lowest BCUT2D eigenvalue weighted by atomic mass is 10.6. The number of aromatic nitrogens is 2. The number of halogens is 2. The van der Waals surface area contributed by atoms with Gasteiger partial charge in [0, 0.05) is 0 Å². The molecule has 0 amide bonds. The van der Waals surface area contributed by atoms with E-state index in [0.717, 1.165) is 11.8 Å². The van der Waals surface area contributed by atoms with Crippen molar-refractivity contribution in [2.24, 2.45) is 0 Å². The molecule has 72 valence electrons. The Labute approximate surface area is 75.6 Å². The van der Waals surface area contributed by atoms with E-state index in [9.17, 15) is 18.4 Å². The van der Waals surface area contributed by atoms with Gasteiger partial charge in [-0.1, -0.05) is 0 Å². The van der Waals surface area contributed by atoms with Crippen LogP contribution in [0.5, 0.6) is 0 Å². The summed E-state index contributed by atoms with van der Waals surface area (Å²) in [5.41, 5.74) is -2.19. The van der Waals surface area contributed by atoms with Crippen molar-refractivity contribution in [1.82, 2.24) is 9.55 Å². The molecule has 1 rings (SSSR count). The summed E-state index contributed by atoms with van der Waals surface area (Å²) in [7, 11) is 0. The van der Waals surface area contributed by atoms with E-state index in [0.29, 0.717) is 4.57 Å². The van der Waals surface area contributed by atoms with Crippen molar-refractivity contribution in [1.29, 1.82) is 0 Å². The van der Waals surface area contributed by atoms with Crippen molar-refractivity contribution < 1.29 is 8.78 Å². The molecule has 0 spiro atoms. The summed E-state index contributed by atoms with van der Waals surface area (Å²) >= 11 is 1.15. The molecule has 13 heavy (non-hydrogen) atoms. The van der Waals surface area contributed by atoms with Crippen LogP contribution >= 0.6 is 11.8 Å². The fraction of sp³-hybridized carbons (Fsp3) is 0.333. The summed E-state index contributed by atoms with van der Waals surface area (Å²) in [6.45, 7) is 0. The van der Waals surface area contributed by atoms with Crippen LogP contribution in [-0.4, -0.2) is 15.8 Å². The standard InChI is InChI=1S/C6H6F2N2O2S/c1-13-2-10-5(11)3(7)4(8)9-6(10)12/h2H2,1H3,(H,9,12). The summed E-state index contributed by atoms with van der Waals surface area (Å²) in [5.74, 6) is -3.09. The van der Waals surface area contributed by atoms with Gasteiger partial charge in [-0.05, 0) is 6.26 Å². The molecule has 0 aliphatic carbocycles. The molecule has 0 saturated heterocycles. The average Bonchev–Trinajstić information content (AvgIpc) is 2.09. The zero-order valence-corrected chi connectivity index (χ0v) is 7.45. The lowest BCUT2D eigenvalue weighted by molar-refractivity contribution is 0.445.